The largest absolute Gasteiger partial charge is 0.342 e. The highest BCUT2D eigenvalue weighted by atomic mass is 79.9. The fraction of sp³-hybridized carbons (Fsp3) is 0.467. The summed E-state index contributed by atoms with van der Waals surface area (Å²) in [7, 11) is 0. The molecule has 1 aliphatic rings. The molecule has 0 amide bonds. The lowest BCUT2D eigenvalue weighted by molar-refractivity contribution is -0.189. The van der Waals surface area contributed by atoms with Crippen LogP contribution in [0.15, 0.2) is 41.4 Å². The number of rotatable bonds is 5. The summed E-state index contributed by atoms with van der Waals surface area (Å²) in [6, 6.07) is 8.04. The summed E-state index contributed by atoms with van der Waals surface area (Å²) in [5.74, 6) is -0.783. The number of ether oxygens (including phenoxy) is 2. The minimum absolute atomic E-state index is 0.127. The Morgan fingerprint density at radius 1 is 1.38 bits per heavy atom. The van der Waals surface area contributed by atoms with Crippen LogP contribution in [0.1, 0.15) is 25.3 Å². The van der Waals surface area contributed by atoms with E-state index in [1.165, 1.54) is 6.33 Å². The van der Waals surface area contributed by atoms with Gasteiger partial charge in [0.05, 0.1) is 12.7 Å². The Balaban J connectivity index is 1.89. The second-order valence-corrected chi connectivity index (χ2v) is 6.11. The SMILES string of the molecule is CCC[C@@H]1CO[C@](Cn2cncn2)(c2ccc(Br)cc2)O1. The van der Waals surface area contributed by atoms with Gasteiger partial charge in [0.15, 0.2) is 0 Å². The second-order valence-electron chi connectivity index (χ2n) is 5.19. The molecule has 1 aliphatic heterocycles. The lowest BCUT2D eigenvalue weighted by atomic mass is 10.1. The average molecular weight is 352 g/mol. The van der Waals surface area contributed by atoms with E-state index in [1.54, 1.807) is 11.0 Å². The molecule has 21 heavy (non-hydrogen) atoms. The Labute approximate surface area is 132 Å². The molecule has 2 atom stereocenters. The maximum Gasteiger partial charge on any atom is 0.215 e. The van der Waals surface area contributed by atoms with Crippen LogP contribution in [-0.2, 0) is 21.8 Å². The summed E-state index contributed by atoms with van der Waals surface area (Å²) in [6.07, 6.45) is 5.40. The van der Waals surface area contributed by atoms with Crippen LogP contribution in [0.3, 0.4) is 0 Å². The first-order valence-electron chi connectivity index (χ1n) is 7.12. The second kappa shape index (κ2) is 6.25. The summed E-state index contributed by atoms with van der Waals surface area (Å²) in [4.78, 5) is 3.99. The highest BCUT2D eigenvalue weighted by Crippen LogP contribution is 2.37. The molecule has 0 radical (unpaired) electrons. The number of halogens is 1. The molecule has 1 aromatic heterocycles. The first-order chi connectivity index (χ1) is 10.2. The van der Waals surface area contributed by atoms with Gasteiger partial charge in [0.2, 0.25) is 5.79 Å². The van der Waals surface area contributed by atoms with E-state index in [9.17, 15) is 0 Å². The molecule has 1 fully saturated rings. The van der Waals surface area contributed by atoms with Gasteiger partial charge in [-0.1, -0.05) is 41.4 Å². The van der Waals surface area contributed by atoms with Crippen molar-refractivity contribution in [3.05, 3.63) is 47.0 Å². The van der Waals surface area contributed by atoms with Crippen LogP contribution in [0.2, 0.25) is 0 Å². The Morgan fingerprint density at radius 2 is 2.19 bits per heavy atom. The van der Waals surface area contributed by atoms with Crippen LogP contribution >= 0.6 is 15.9 Å². The van der Waals surface area contributed by atoms with Gasteiger partial charge in [-0.3, -0.25) is 0 Å². The van der Waals surface area contributed by atoms with Gasteiger partial charge >= 0.3 is 0 Å². The molecule has 112 valence electrons. The number of benzene rings is 1. The summed E-state index contributed by atoms with van der Waals surface area (Å²) < 4.78 is 15.1. The molecule has 0 bridgehead atoms. The van der Waals surface area contributed by atoms with Gasteiger partial charge in [-0.2, -0.15) is 5.10 Å². The molecular weight excluding hydrogens is 334 g/mol. The van der Waals surface area contributed by atoms with Crippen LogP contribution in [-0.4, -0.2) is 27.5 Å². The van der Waals surface area contributed by atoms with Gasteiger partial charge in [0, 0.05) is 10.0 Å². The zero-order chi connectivity index (χ0) is 14.7. The molecule has 0 aliphatic carbocycles. The van der Waals surface area contributed by atoms with Crippen LogP contribution in [0, 0.1) is 0 Å². The molecule has 0 spiro atoms. The van der Waals surface area contributed by atoms with E-state index in [1.807, 2.05) is 24.3 Å². The van der Waals surface area contributed by atoms with Crippen LogP contribution in [0.25, 0.3) is 0 Å². The number of aromatic nitrogens is 3. The third-order valence-electron chi connectivity index (χ3n) is 3.59. The maximum atomic E-state index is 6.26. The van der Waals surface area contributed by atoms with Crippen LogP contribution < -0.4 is 0 Å². The van der Waals surface area contributed by atoms with Gasteiger partial charge in [0.25, 0.3) is 0 Å². The van der Waals surface area contributed by atoms with Crippen molar-refractivity contribution in [1.29, 1.82) is 0 Å². The molecular formula is C15H18BrN3O2. The van der Waals surface area contributed by atoms with E-state index < -0.39 is 5.79 Å². The Bertz CT molecular complexity index is 573. The fourth-order valence-electron chi connectivity index (χ4n) is 2.59. The van der Waals surface area contributed by atoms with Gasteiger partial charge in [0.1, 0.15) is 19.2 Å². The molecule has 0 N–H and O–H groups in total. The Kier molecular flexibility index (Phi) is 4.37. The molecule has 6 heteroatoms. The monoisotopic (exact) mass is 351 g/mol. The molecule has 3 rings (SSSR count). The normalized spacial score (nSPS) is 25.3. The molecule has 2 aromatic rings. The van der Waals surface area contributed by atoms with Crippen LogP contribution in [0.5, 0.6) is 0 Å². The Hall–Kier alpha value is -1.24. The topological polar surface area (TPSA) is 49.2 Å². The maximum absolute atomic E-state index is 6.26. The van der Waals surface area contributed by atoms with E-state index in [0.29, 0.717) is 13.2 Å². The average Bonchev–Trinajstić information content (AvgIpc) is 3.11. The predicted molar refractivity (Wildman–Crippen MR) is 81.6 cm³/mol. The van der Waals surface area contributed by atoms with Crippen molar-refractivity contribution in [2.45, 2.75) is 38.2 Å². The summed E-state index contributed by atoms with van der Waals surface area (Å²) in [5.41, 5.74) is 1.000. The summed E-state index contributed by atoms with van der Waals surface area (Å²) >= 11 is 3.46. The number of hydrogen-bond acceptors (Lipinski definition) is 4. The standard InChI is InChI=1S/C15H18BrN3O2/c1-2-3-14-8-20-15(21-14,9-19-11-17-10-18-19)12-4-6-13(16)7-5-12/h4-7,10-11,14H,2-3,8-9H2,1H3/t14-,15+/m1/s1. The first kappa shape index (κ1) is 14.7. The van der Waals surface area contributed by atoms with Crippen molar-refractivity contribution in [3.63, 3.8) is 0 Å². The fourth-order valence-corrected chi connectivity index (χ4v) is 2.85. The highest BCUT2D eigenvalue weighted by Gasteiger charge is 2.43. The lowest BCUT2D eigenvalue weighted by Crippen LogP contribution is -2.33. The zero-order valence-corrected chi connectivity index (χ0v) is 13.5. The molecule has 0 unspecified atom stereocenters. The molecule has 1 saturated heterocycles. The van der Waals surface area contributed by atoms with Crippen molar-refractivity contribution < 1.29 is 9.47 Å². The number of hydrogen-bond donors (Lipinski definition) is 0. The third kappa shape index (κ3) is 3.17. The van der Waals surface area contributed by atoms with Crippen molar-refractivity contribution >= 4 is 15.9 Å². The van der Waals surface area contributed by atoms with E-state index in [2.05, 4.69) is 32.9 Å². The van der Waals surface area contributed by atoms with Crippen LogP contribution in [0.4, 0.5) is 0 Å². The van der Waals surface area contributed by atoms with Crippen molar-refractivity contribution in [2.24, 2.45) is 0 Å². The van der Waals surface area contributed by atoms with Gasteiger partial charge in [-0.15, -0.1) is 0 Å². The number of nitrogens with zero attached hydrogens (tertiary/aromatic N) is 3. The zero-order valence-electron chi connectivity index (χ0n) is 11.9. The van der Waals surface area contributed by atoms with E-state index in [0.717, 1.165) is 22.9 Å². The smallest absolute Gasteiger partial charge is 0.215 e. The summed E-state index contributed by atoms with van der Waals surface area (Å²) in [5, 5.41) is 4.18. The minimum atomic E-state index is -0.783. The molecule has 1 aromatic carbocycles. The quantitative estimate of drug-likeness (QED) is 0.830. The molecule has 0 saturated carbocycles. The third-order valence-corrected chi connectivity index (χ3v) is 4.12. The Morgan fingerprint density at radius 3 is 2.86 bits per heavy atom. The lowest BCUT2D eigenvalue weighted by Gasteiger charge is -2.28. The van der Waals surface area contributed by atoms with Gasteiger partial charge < -0.3 is 9.47 Å². The van der Waals surface area contributed by atoms with E-state index >= 15 is 0 Å². The van der Waals surface area contributed by atoms with Gasteiger partial charge in [-0.25, -0.2) is 9.67 Å². The van der Waals surface area contributed by atoms with Crippen molar-refractivity contribution in [2.75, 3.05) is 6.61 Å². The molecule has 5 nitrogen and oxygen atoms in total. The highest BCUT2D eigenvalue weighted by molar-refractivity contribution is 9.10. The van der Waals surface area contributed by atoms with E-state index in [4.69, 9.17) is 9.47 Å². The van der Waals surface area contributed by atoms with Crippen molar-refractivity contribution in [3.8, 4) is 0 Å². The first-order valence-corrected chi connectivity index (χ1v) is 7.91. The predicted octanol–water partition coefficient (Wildman–Crippen LogP) is 3.11. The molecule has 2 heterocycles. The van der Waals surface area contributed by atoms with Crippen molar-refractivity contribution in [1.82, 2.24) is 14.8 Å². The van der Waals surface area contributed by atoms with E-state index in [-0.39, 0.29) is 6.10 Å². The minimum Gasteiger partial charge on any atom is -0.342 e. The summed E-state index contributed by atoms with van der Waals surface area (Å²) in [6.45, 7) is 3.26. The van der Waals surface area contributed by atoms with Gasteiger partial charge in [-0.05, 0) is 18.6 Å².